The predicted octanol–water partition coefficient (Wildman–Crippen LogP) is 1.61. The molecule has 1 aromatic carbocycles. The summed E-state index contributed by atoms with van der Waals surface area (Å²) in [6.07, 6.45) is -0.625. The van der Waals surface area contributed by atoms with Crippen LogP contribution in [-0.4, -0.2) is 84.7 Å². The second-order valence-corrected chi connectivity index (χ2v) is 9.09. The fraction of sp³-hybridized carbons (Fsp3) is 0.591. The monoisotopic (exact) mass is 483 g/mol. The number of imide groups is 1. The third-order valence-corrected chi connectivity index (χ3v) is 6.81. The van der Waals surface area contributed by atoms with Crippen LogP contribution >= 0.6 is 0 Å². The van der Waals surface area contributed by atoms with Crippen molar-refractivity contribution in [2.45, 2.75) is 31.1 Å². The van der Waals surface area contributed by atoms with Gasteiger partial charge >= 0.3 is 6.09 Å². The van der Waals surface area contributed by atoms with Crippen molar-refractivity contribution in [3.05, 3.63) is 29.6 Å². The highest BCUT2D eigenvalue weighted by Crippen LogP contribution is 2.34. The maximum atomic E-state index is 14.9. The van der Waals surface area contributed by atoms with Crippen LogP contribution in [0.25, 0.3) is 0 Å². The highest BCUT2D eigenvalue weighted by Gasteiger charge is 2.45. The van der Waals surface area contributed by atoms with Crippen LogP contribution in [0, 0.1) is 11.7 Å². The highest BCUT2D eigenvalue weighted by molar-refractivity contribution is 6.00. The van der Waals surface area contributed by atoms with E-state index in [0.717, 1.165) is 5.01 Å². The van der Waals surface area contributed by atoms with E-state index < -0.39 is 42.1 Å². The lowest BCUT2D eigenvalue weighted by Gasteiger charge is -2.42. The second-order valence-electron chi connectivity index (χ2n) is 9.09. The van der Waals surface area contributed by atoms with Crippen molar-refractivity contribution >= 4 is 23.6 Å². The minimum atomic E-state index is -3.02. The van der Waals surface area contributed by atoms with Crippen molar-refractivity contribution in [3.8, 4) is 0 Å². The van der Waals surface area contributed by atoms with Gasteiger partial charge in [-0.1, -0.05) is 6.07 Å². The molecule has 3 fully saturated rings. The number of benzene rings is 1. The summed E-state index contributed by atoms with van der Waals surface area (Å²) in [7, 11) is 0. The topological polar surface area (TPSA) is 105 Å². The van der Waals surface area contributed by atoms with Gasteiger partial charge in [-0.3, -0.25) is 25.2 Å². The molecule has 12 heteroatoms. The Morgan fingerprint density at radius 3 is 2.50 bits per heavy atom. The molecule has 3 aliphatic heterocycles. The molecule has 3 saturated heterocycles. The van der Waals surface area contributed by atoms with E-state index in [1.54, 1.807) is 12.1 Å². The number of carbonyl (C=O) groups excluding carboxylic acids is 2. The Morgan fingerprint density at radius 2 is 1.88 bits per heavy atom. The van der Waals surface area contributed by atoms with Gasteiger partial charge in [0.15, 0.2) is 0 Å². The molecular weight excluding hydrogens is 455 g/mol. The van der Waals surface area contributed by atoms with Gasteiger partial charge in [-0.2, -0.15) is 0 Å². The lowest BCUT2D eigenvalue weighted by molar-refractivity contribution is -0.134. The molecule has 0 saturated carbocycles. The van der Waals surface area contributed by atoms with Crippen molar-refractivity contribution < 1.29 is 32.7 Å². The average Bonchev–Trinajstić information content (AvgIpc) is 2.75. The van der Waals surface area contributed by atoms with Crippen LogP contribution in [-0.2, 0) is 9.59 Å². The van der Waals surface area contributed by atoms with E-state index in [1.807, 2.05) is 15.2 Å². The standard InChI is InChI=1S/C22H28F3N5O4/c23-17-11-14(16-2-4-19(31)26-20(16)32)1-3-18(17)29-9-7-28(8-10-29)12-15-5-6-30(27-21(33)34)13-22(15,24)25/h1,3,11,15-16,27H,2,4-10,12-13H2,(H,33,34)(H,26,31,32). The van der Waals surface area contributed by atoms with E-state index in [0.29, 0.717) is 43.9 Å². The van der Waals surface area contributed by atoms with Gasteiger partial charge < -0.3 is 10.0 Å². The molecule has 3 amide bonds. The Balaban J connectivity index is 1.31. The molecule has 0 bridgehead atoms. The predicted molar refractivity (Wildman–Crippen MR) is 116 cm³/mol. The van der Waals surface area contributed by atoms with Crippen LogP contribution in [0.4, 0.5) is 23.7 Å². The molecule has 3 heterocycles. The summed E-state index contributed by atoms with van der Waals surface area (Å²) in [4.78, 5) is 37.9. The zero-order chi connectivity index (χ0) is 24.5. The Hall–Kier alpha value is -2.86. The molecule has 3 aliphatic rings. The third-order valence-electron chi connectivity index (χ3n) is 6.81. The lowest BCUT2D eigenvalue weighted by Crippen LogP contribution is -2.58. The molecule has 4 rings (SSSR count). The molecule has 9 nitrogen and oxygen atoms in total. The van der Waals surface area contributed by atoms with Crippen molar-refractivity contribution in [2.75, 3.05) is 50.7 Å². The number of halogens is 3. The first-order valence-corrected chi connectivity index (χ1v) is 11.3. The quantitative estimate of drug-likeness (QED) is 0.547. The van der Waals surface area contributed by atoms with E-state index in [4.69, 9.17) is 5.11 Å². The van der Waals surface area contributed by atoms with E-state index >= 15 is 0 Å². The van der Waals surface area contributed by atoms with Gasteiger partial charge in [0.05, 0.1) is 18.2 Å². The number of anilines is 1. The zero-order valence-electron chi connectivity index (χ0n) is 18.6. The molecule has 2 atom stereocenters. The van der Waals surface area contributed by atoms with Crippen LogP contribution in [0.2, 0.25) is 0 Å². The van der Waals surface area contributed by atoms with Gasteiger partial charge in [0.2, 0.25) is 11.8 Å². The number of carbonyl (C=O) groups is 3. The Morgan fingerprint density at radius 1 is 1.15 bits per heavy atom. The van der Waals surface area contributed by atoms with Crippen LogP contribution in [0.5, 0.6) is 0 Å². The zero-order valence-corrected chi connectivity index (χ0v) is 18.6. The summed E-state index contributed by atoms with van der Waals surface area (Å²) in [6, 6.07) is 4.66. The molecule has 0 radical (unpaired) electrons. The lowest BCUT2D eigenvalue weighted by atomic mass is 9.90. The molecule has 186 valence electrons. The minimum absolute atomic E-state index is 0.171. The van der Waals surface area contributed by atoms with Gasteiger partial charge in [-0.15, -0.1) is 0 Å². The number of nitrogens with zero attached hydrogens (tertiary/aromatic N) is 3. The van der Waals surface area contributed by atoms with Crippen molar-refractivity contribution in [1.82, 2.24) is 20.7 Å². The number of amides is 3. The van der Waals surface area contributed by atoms with Crippen molar-refractivity contribution in [3.63, 3.8) is 0 Å². The van der Waals surface area contributed by atoms with Gasteiger partial charge in [-0.05, 0) is 30.5 Å². The fourth-order valence-electron chi connectivity index (χ4n) is 4.93. The number of hydrogen-bond donors (Lipinski definition) is 3. The first-order chi connectivity index (χ1) is 16.1. The molecule has 2 unspecified atom stereocenters. The molecule has 1 aromatic rings. The number of alkyl halides is 2. The van der Waals surface area contributed by atoms with Gasteiger partial charge in [-0.25, -0.2) is 23.0 Å². The summed E-state index contributed by atoms with van der Waals surface area (Å²) < 4.78 is 44.0. The largest absolute Gasteiger partial charge is 0.464 e. The Bertz CT molecular complexity index is 954. The molecule has 0 aliphatic carbocycles. The number of rotatable bonds is 5. The van der Waals surface area contributed by atoms with Gasteiger partial charge in [0, 0.05) is 51.6 Å². The minimum Gasteiger partial charge on any atom is -0.464 e. The Kier molecular flexibility index (Phi) is 6.99. The summed E-state index contributed by atoms with van der Waals surface area (Å²) in [6.45, 7) is 1.69. The van der Waals surface area contributed by atoms with Crippen molar-refractivity contribution in [1.29, 1.82) is 0 Å². The second kappa shape index (κ2) is 9.79. The maximum absolute atomic E-state index is 14.9. The first kappa shape index (κ1) is 24.3. The van der Waals surface area contributed by atoms with E-state index in [9.17, 15) is 27.6 Å². The number of piperidine rings is 2. The number of hydrogen-bond acceptors (Lipinski definition) is 6. The van der Waals surface area contributed by atoms with Crippen molar-refractivity contribution in [2.24, 2.45) is 5.92 Å². The summed E-state index contributed by atoms with van der Waals surface area (Å²) in [5.41, 5.74) is 2.92. The van der Waals surface area contributed by atoms with E-state index in [-0.39, 0.29) is 31.8 Å². The first-order valence-electron chi connectivity index (χ1n) is 11.3. The van der Waals surface area contributed by atoms with Crippen LogP contribution in [0.3, 0.4) is 0 Å². The molecular formula is C22H28F3N5O4. The van der Waals surface area contributed by atoms with Crippen LogP contribution in [0.1, 0.15) is 30.7 Å². The van der Waals surface area contributed by atoms with Crippen LogP contribution in [0.15, 0.2) is 18.2 Å². The smallest absolute Gasteiger partial charge is 0.419 e. The number of nitrogens with one attached hydrogen (secondary N) is 2. The normalized spacial score (nSPS) is 26.3. The average molecular weight is 483 g/mol. The summed E-state index contributed by atoms with van der Waals surface area (Å²) >= 11 is 0. The van der Waals surface area contributed by atoms with E-state index in [1.165, 1.54) is 6.07 Å². The third kappa shape index (κ3) is 5.44. The van der Waals surface area contributed by atoms with Crippen LogP contribution < -0.4 is 15.6 Å². The molecule has 3 N–H and O–H groups in total. The summed E-state index contributed by atoms with van der Waals surface area (Å²) in [5.74, 6) is -5.65. The molecule has 0 aromatic heterocycles. The van der Waals surface area contributed by atoms with Gasteiger partial charge in [0.25, 0.3) is 5.92 Å². The SMILES string of the molecule is O=C(O)NN1CCC(CN2CCN(c3ccc(C4CCC(=O)NC4=O)cc3F)CC2)C(F)(F)C1. The summed E-state index contributed by atoms with van der Waals surface area (Å²) in [5, 5.41) is 12.0. The number of piperazine rings is 1. The highest BCUT2D eigenvalue weighted by atomic mass is 19.3. The maximum Gasteiger partial charge on any atom is 0.419 e. The molecule has 0 spiro atoms. The number of carboxylic acid groups (broad SMARTS) is 1. The molecule has 34 heavy (non-hydrogen) atoms. The van der Waals surface area contributed by atoms with Gasteiger partial charge in [0.1, 0.15) is 5.82 Å². The fourth-order valence-corrected chi connectivity index (χ4v) is 4.93. The number of hydrazine groups is 1. The Labute approximate surface area is 194 Å². The van der Waals surface area contributed by atoms with E-state index in [2.05, 4.69) is 5.32 Å².